The van der Waals surface area contributed by atoms with Crippen molar-refractivity contribution in [3.8, 4) is 0 Å². The number of rotatable bonds is 15. The predicted octanol–water partition coefficient (Wildman–Crippen LogP) is 5.63. The van der Waals surface area contributed by atoms with Gasteiger partial charge in [-0.2, -0.15) is 0 Å². The molecule has 0 bridgehead atoms. The number of carbonyl (C=O) groups excluding carboxylic acids is 2. The molecule has 0 aliphatic carbocycles. The monoisotopic (exact) mass is 367 g/mol. The molecule has 0 spiro atoms. The highest BCUT2D eigenvalue weighted by molar-refractivity contribution is 5.82. The van der Waals surface area contributed by atoms with E-state index < -0.39 is 0 Å². The minimum absolute atomic E-state index is 0.102. The first-order chi connectivity index (χ1) is 12.7. The maximum Gasteiger partial charge on any atom is 0.325 e. The molecule has 152 valence electrons. The summed E-state index contributed by atoms with van der Waals surface area (Å²) in [6.45, 7) is 3.60. The Labute approximate surface area is 161 Å². The summed E-state index contributed by atoms with van der Waals surface area (Å²) in [4.78, 5) is 25.4. The first-order valence-corrected chi connectivity index (χ1v) is 11.2. The van der Waals surface area contributed by atoms with Gasteiger partial charge in [-0.25, -0.2) is 0 Å². The highest BCUT2D eigenvalue weighted by Gasteiger charge is 2.19. The van der Waals surface area contributed by atoms with Gasteiger partial charge in [0.1, 0.15) is 6.54 Å². The molecule has 0 aromatic heterocycles. The van der Waals surface area contributed by atoms with Crippen LogP contribution in [0.15, 0.2) is 0 Å². The molecule has 0 N–H and O–H groups in total. The van der Waals surface area contributed by atoms with Gasteiger partial charge in [0.15, 0.2) is 0 Å². The van der Waals surface area contributed by atoms with E-state index >= 15 is 0 Å². The van der Waals surface area contributed by atoms with Crippen molar-refractivity contribution < 1.29 is 14.3 Å². The third-order valence-corrected chi connectivity index (χ3v) is 5.25. The van der Waals surface area contributed by atoms with Crippen LogP contribution in [0.25, 0.3) is 0 Å². The van der Waals surface area contributed by atoms with E-state index in [1.54, 1.807) is 4.90 Å². The van der Waals surface area contributed by atoms with E-state index in [-0.39, 0.29) is 18.4 Å². The van der Waals surface area contributed by atoms with Gasteiger partial charge in [-0.15, -0.1) is 0 Å². The molecule has 0 unspecified atom stereocenters. The second-order valence-corrected chi connectivity index (χ2v) is 7.74. The molecule has 0 radical (unpaired) electrons. The minimum atomic E-state index is -0.247. The van der Waals surface area contributed by atoms with E-state index in [1.165, 1.54) is 64.2 Å². The van der Waals surface area contributed by atoms with Gasteiger partial charge in [0, 0.05) is 13.0 Å². The topological polar surface area (TPSA) is 46.6 Å². The van der Waals surface area contributed by atoms with Crippen molar-refractivity contribution in [1.82, 2.24) is 4.90 Å². The van der Waals surface area contributed by atoms with Crippen molar-refractivity contribution in [2.75, 3.05) is 19.7 Å². The zero-order valence-corrected chi connectivity index (χ0v) is 17.1. The highest BCUT2D eigenvalue weighted by atomic mass is 16.5. The number of amides is 1. The van der Waals surface area contributed by atoms with E-state index in [4.69, 9.17) is 4.74 Å². The lowest BCUT2D eigenvalue weighted by Gasteiger charge is -2.19. The second kappa shape index (κ2) is 16.1. The molecular formula is C22H41NO3. The van der Waals surface area contributed by atoms with Gasteiger partial charge in [-0.1, -0.05) is 84.0 Å². The molecule has 26 heavy (non-hydrogen) atoms. The summed E-state index contributed by atoms with van der Waals surface area (Å²) in [6, 6.07) is 0. The fourth-order valence-corrected chi connectivity index (χ4v) is 3.54. The lowest BCUT2D eigenvalue weighted by atomic mass is 10.1. The van der Waals surface area contributed by atoms with Crippen LogP contribution < -0.4 is 0 Å². The van der Waals surface area contributed by atoms with Crippen LogP contribution in [0.4, 0.5) is 0 Å². The Kier molecular flexibility index (Phi) is 14.3. The smallest absolute Gasteiger partial charge is 0.325 e. The number of carbonyl (C=O) groups is 2. The van der Waals surface area contributed by atoms with Gasteiger partial charge in [-0.3, -0.25) is 9.59 Å². The van der Waals surface area contributed by atoms with E-state index in [9.17, 15) is 9.59 Å². The Bertz CT molecular complexity index is 370. The van der Waals surface area contributed by atoms with E-state index in [1.807, 2.05) is 0 Å². The van der Waals surface area contributed by atoms with Gasteiger partial charge >= 0.3 is 5.97 Å². The number of likely N-dealkylation sites (tertiary alicyclic amines) is 1. The van der Waals surface area contributed by atoms with Crippen molar-refractivity contribution in [1.29, 1.82) is 0 Å². The lowest BCUT2D eigenvalue weighted by molar-refractivity contribution is -0.149. The maximum absolute atomic E-state index is 11.9. The van der Waals surface area contributed by atoms with Crippen LogP contribution in [-0.4, -0.2) is 36.5 Å². The summed E-state index contributed by atoms with van der Waals surface area (Å²) in [5, 5.41) is 0. The van der Waals surface area contributed by atoms with Crippen molar-refractivity contribution >= 4 is 11.9 Å². The van der Waals surface area contributed by atoms with Crippen LogP contribution >= 0.6 is 0 Å². The summed E-state index contributed by atoms with van der Waals surface area (Å²) in [5.41, 5.74) is 0. The first-order valence-electron chi connectivity index (χ1n) is 11.2. The van der Waals surface area contributed by atoms with Crippen LogP contribution in [0, 0.1) is 0 Å². The largest absolute Gasteiger partial charge is 0.464 e. The molecule has 1 heterocycles. The Balaban J connectivity index is 1.86. The fourth-order valence-electron chi connectivity index (χ4n) is 3.54. The minimum Gasteiger partial charge on any atom is -0.464 e. The number of ether oxygens (including phenoxy) is 1. The standard InChI is InChI=1S/C22H41NO3/c1-2-3-4-5-6-7-8-9-10-11-12-16-19-26-22(25)20-23-18-15-13-14-17-21(23)24/h2-20H2,1H3. The highest BCUT2D eigenvalue weighted by Crippen LogP contribution is 2.13. The molecule has 1 amide bonds. The van der Waals surface area contributed by atoms with Gasteiger partial charge in [0.25, 0.3) is 0 Å². The number of hydrogen-bond donors (Lipinski definition) is 0. The van der Waals surface area contributed by atoms with Crippen molar-refractivity contribution in [2.24, 2.45) is 0 Å². The fraction of sp³-hybridized carbons (Fsp3) is 0.909. The molecular weight excluding hydrogens is 326 g/mol. The van der Waals surface area contributed by atoms with E-state index in [2.05, 4.69) is 6.92 Å². The van der Waals surface area contributed by atoms with E-state index in [0.29, 0.717) is 19.6 Å². The molecule has 1 saturated heterocycles. The van der Waals surface area contributed by atoms with Crippen LogP contribution in [0.5, 0.6) is 0 Å². The molecule has 1 fully saturated rings. The summed E-state index contributed by atoms with van der Waals surface area (Å²) < 4.78 is 5.29. The van der Waals surface area contributed by atoms with Gasteiger partial charge in [0.05, 0.1) is 6.61 Å². The lowest BCUT2D eigenvalue weighted by Crippen LogP contribution is -2.36. The Morgan fingerprint density at radius 1 is 0.846 bits per heavy atom. The molecule has 0 aromatic carbocycles. The van der Waals surface area contributed by atoms with Crippen molar-refractivity contribution in [3.05, 3.63) is 0 Å². The summed E-state index contributed by atoms with van der Waals surface area (Å²) >= 11 is 0. The van der Waals surface area contributed by atoms with Crippen molar-refractivity contribution in [3.63, 3.8) is 0 Å². The second-order valence-electron chi connectivity index (χ2n) is 7.74. The van der Waals surface area contributed by atoms with Crippen LogP contribution in [0.1, 0.15) is 110 Å². The maximum atomic E-state index is 11.9. The Morgan fingerprint density at radius 3 is 2.04 bits per heavy atom. The molecule has 4 nitrogen and oxygen atoms in total. The SMILES string of the molecule is CCCCCCCCCCCCCCOC(=O)CN1CCCCCC1=O. The first kappa shape index (κ1) is 23.0. The molecule has 1 rings (SSSR count). The number of hydrogen-bond acceptors (Lipinski definition) is 3. The molecule has 1 aliphatic heterocycles. The zero-order valence-electron chi connectivity index (χ0n) is 17.1. The molecule has 0 saturated carbocycles. The zero-order chi connectivity index (χ0) is 18.9. The molecule has 1 aliphatic rings. The van der Waals surface area contributed by atoms with Gasteiger partial charge < -0.3 is 9.64 Å². The summed E-state index contributed by atoms with van der Waals surface area (Å²) in [5.74, 6) is -0.145. The molecule has 0 aromatic rings. The van der Waals surface area contributed by atoms with Crippen LogP contribution in [0.2, 0.25) is 0 Å². The number of esters is 1. The number of unbranched alkanes of at least 4 members (excludes halogenated alkanes) is 11. The quantitative estimate of drug-likeness (QED) is 0.278. The third kappa shape index (κ3) is 12.3. The van der Waals surface area contributed by atoms with Crippen LogP contribution in [0.3, 0.4) is 0 Å². The Morgan fingerprint density at radius 2 is 1.42 bits per heavy atom. The number of nitrogens with zero attached hydrogens (tertiary/aromatic N) is 1. The van der Waals surface area contributed by atoms with Crippen molar-refractivity contribution in [2.45, 2.75) is 110 Å². The van der Waals surface area contributed by atoms with Crippen LogP contribution in [-0.2, 0) is 14.3 Å². The normalized spacial score (nSPS) is 15.1. The summed E-state index contributed by atoms with van der Waals surface area (Å²) in [7, 11) is 0. The average molecular weight is 368 g/mol. The molecule has 0 atom stereocenters. The Hall–Kier alpha value is -1.06. The predicted molar refractivity (Wildman–Crippen MR) is 107 cm³/mol. The van der Waals surface area contributed by atoms with E-state index in [0.717, 1.165) is 32.1 Å². The summed E-state index contributed by atoms with van der Waals surface area (Å²) in [6.07, 6.45) is 19.2. The average Bonchev–Trinajstić information content (AvgIpc) is 2.83. The van der Waals surface area contributed by atoms with Gasteiger partial charge in [-0.05, 0) is 19.3 Å². The van der Waals surface area contributed by atoms with Gasteiger partial charge in [0.2, 0.25) is 5.91 Å². The third-order valence-electron chi connectivity index (χ3n) is 5.25. The molecule has 4 heteroatoms.